The molecule has 0 aromatic carbocycles. The van der Waals surface area contributed by atoms with Crippen molar-refractivity contribution in [3.8, 4) is 0 Å². The monoisotopic (exact) mass is 101 g/mol. The van der Waals surface area contributed by atoms with E-state index in [2.05, 4.69) is 4.90 Å². The largest absolute Gasteiger partial charge is 0.395 e. The minimum Gasteiger partial charge on any atom is -0.395 e. The van der Waals surface area contributed by atoms with Crippen molar-refractivity contribution in [2.24, 2.45) is 0 Å². The third-order valence-electron chi connectivity index (χ3n) is 1.65. The SMILES string of the molecule is CN1CCC1CO. The molecule has 1 atom stereocenters. The van der Waals surface area contributed by atoms with Crippen LogP contribution in [0, 0.1) is 0 Å². The summed E-state index contributed by atoms with van der Waals surface area (Å²) in [4.78, 5) is 2.15. The smallest absolute Gasteiger partial charge is 0.0587 e. The molecule has 1 N–H and O–H groups in total. The van der Waals surface area contributed by atoms with Crippen LogP contribution < -0.4 is 0 Å². The summed E-state index contributed by atoms with van der Waals surface area (Å²) in [6.07, 6.45) is 1.17. The summed E-state index contributed by atoms with van der Waals surface area (Å²) in [5.41, 5.74) is 0. The molecule has 2 nitrogen and oxygen atoms in total. The van der Waals surface area contributed by atoms with Gasteiger partial charge in [0.2, 0.25) is 0 Å². The maximum absolute atomic E-state index is 8.51. The van der Waals surface area contributed by atoms with Crippen LogP contribution in [-0.4, -0.2) is 36.2 Å². The van der Waals surface area contributed by atoms with Crippen molar-refractivity contribution in [2.45, 2.75) is 12.5 Å². The summed E-state index contributed by atoms with van der Waals surface area (Å²) in [6.45, 7) is 1.49. The van der Waals surface area contributed by atoms with Gasteiger partial charge in [-0.3, -0.25) is 0 Å². The third-order valence-corrected chi connectivity index (χ3v) is 1.65. The molecule has 0 aromatic rings. The fraction of sp³-hybridized carbons (Fsp3) is 1.00. The Hall–Kier alpha value is -0.0800. The maximum Gasteiger partial charge on any atom is 0.0587 e. The molecule has 2 heteroatoms. The van der Waals surface area contributed by atoms with E-state index in [4.69, 9.17) is 5.11 Å². The van der Waals surface area contributed by atoms with Gasteiger partial charge in [0, 0.05) is 6.04 Å². The molecule has 1 aliphatic rings. The molecule has 0 aromatic heterocycles. The molecule has 0 amide bonds. The second kappa shape index (κ2) is 1.80. The number of nitrogens with zero attached hydrogens (tertiary/aromatic N) is 1. The van der Waals surface area contributed by atoms with Gasteiger partial charge in [0.15, 0.2) is 0 Å². The van der Waals surface area contributed by atoms with Gasteiger partial charge in [-0.05, 0) is 20.0 Å². The van der Waals surface area contributed by atoms with Gasteiger partial charge >= 0.3 is 0 Å². The lowest BCUT2D eigenvalue weighted by atomic mass is 10.1. The van der Waals surface area contributed by atoms with Gasteiger partial charge in [-0.2, -0.15) is 0 Å². The average Bonchev–Trinajstić information content (AvgIpc) is 1.65. The van der Waals surface area contributed by atoms with Crippen LogP contribution in [0.1, 0.15) is 6.42 Å². The van der Waals surface area contributed by atoms with Gasteiger partial charge in [-0.1, -0.05) is 0 Å². The Balaban J connectivity index is 2.16. The number of likely N-dealkylation sites (N-methyl/N-ethyl adjacent to an activating group) is 1. The van der Waals surface area contributed by atoms with Crippen LogP contribution in [0.2, 0.25) is 0 Å². The third kappa shape index (κ3) is 0.763. The zero-order valence-corrected chi connectivity index (χ0v) is 4.59. The number of hydrogen-bond acceptors (Lipinski definition) is 2. The summed E-state index contributed by atoms with van der Waals surface area (Å²) in [5.74, 6) is 0. The Morgan fingerprint density at radius 3 is 2.57 bits per heavy atom. The van der Waals surface area contributed by atoms with Gasteiger partial charge in [0.05, 0.1) is 6.61 Å². The molecule has 1 saturated heterocycles. The fourth-order valence-corrected chi connectivity index (χ4v) is 0.801. The molecule has 1 rings (SSSR count). The lowest BCUT2D eigenvalue weighted by Gasteiger charge is -2.36. The summed E-state index contributed by atoms with van der Waals surface area (Å²) in [6, 6.07) is 0.472. The lowest BCUT2D eigenvalue weighted by molar-refractivity contribution is 0.0672. The molecule has 0 bridgehead atoms. The predicted octanol–water partition coefficient (Wildman–Crippen LogP) is -0.317. The van der Waals surface area contributed by atoms with E-state index in [-0.39, 0.29) is 0 Å². The van der Waals surface area contributed by atoms with Gasteiger partial charge in [-0.25, -0.2) is 0 Å². The van der Waals surface area contributed by atoms with Crippen molar-refractivity contribution in [2.75, 3.05) is 20.2 Å². The summed E-state index contributed by atoms with van der Waals surface area (Å²) in [5, 5.41) is 8.51. The lowest BCUT2D eigenvalue weighted by Crippen LogP contribution is -2.46. The van der Waals surface area contributed by atoms with E-state index < -0.39 is 0 Å². The first-order valence-corrected chi connectivity index (χ1v) is 2.65. The van der Waals surface area contributed by atoms with E-state index in [1.807, 2.05) is 7.05 Å². The number of hydrogen-bond donors (Lipinski definition) is 1. The molecule has 1 fully saturated rings. The van der Waals surface area contributed by atoms with Crippen LogP contribution in [0.25, 0.3) is 0 Å². The predicted molar refractivity (Wildman–Crippen MR) is 28.1 cm³/mol. The highest BCUT2D eigenvalue weighted by molar-refractivity contribution is 4.77. The van der Waals surface area contributed by atoms with Crippen molar-refractivity contribution >= 4 is 0 Å². The molecular formula is C5H11NO. The molecule has 1 aliphatic heterocycles. The van der Waals surface area contributed by atoms with E-state index in [0.29, 0.717) is 12.6 Å². The fourth-order valence-electron chi connectivity index (χ4n) is 0.801. The van der Waals surface area contributed by atoms with Gasteiger partial charge in [-0.15, -0.1) is 0 Å². The topological polar surface area (TPSA) is 23.5 Å². The highest BCUT2D eigenvalue weighted by Crippen LogP contribution is 2.11. The minimum absolute atomic E-state index is 0.330. The van der Waals surface area contributed by atoms with Crippen LogP contribution in [0.15, 0.2) is 0 Å². The molecule has 0 saturated carbocycles. The number of aliphatic hydroxyl groups excluding tert-OH is 1. The average molecular weight is 101 g/mol. The van der Waals surface area contributed by atoms with Crippen molar-refractivity contribution < 1.29 is 5.11 Å². The van der Waals surface area contributed by atoms with Crippen molar-refractivity contribution in [3.63, 3.8) is 0 Å². The highest BCUT2D eigenvalue weighted by Gasteiger charge is 2.21. The van der Waals surface area contributed by atoms with Gasteiger partial charge in [0.1, 0.15) is 0 Å². The molecule has 1 unspecified atom stereocenters. The van der Waals surface area contributed by atoms with Crippen molar-refractivity contribution in [3.05, 3.63) is 0 Å². The standard InChI is InChI=1S/C5H11NO/c1-6-3-2-5(6)4-7/h5,7H,2-4H2,1H3. The van der Waals surface area contributed by atoms with E-state index in [0.717, 1.165) is 6.54 Å². The Bertz CT molecular complexity index is 63.1. The van der Waals surface area contributed by atoms with Gasteiger partial charge < -0.3 is 10.0 Å². The van der Waals surface area contributed by atoms with E-state index in [1.165, 1.54) is 6.42 Å². The zero-order valence-electron chi connectivity index (χ0n) is 4.59. The summed E-state index contributed by atoms with van der Waals surface area (Å²) in [7, 11) is 2.03. The van der Waals surface area contributed by atoms with Crippen molar-refractivity contribution in [1.82, 2.24) is 4.90 Å². The quantitative estimate of drug-likeness (QED) is 0.489. The summed E-state index contributed by atoms with van der Waals surface area (Å²) < 4.78 is 0. The molecule has 1 heterocycles. The molecule has 0 aliphatic carbocycles. The van der Waals surface area contributed by atoms with Crippen LogP contribution in [0.3, 0.4) is 0 Å². The van der Waals surface area contributed by atoms with Crippen molar-refractivity contribution in [1.29, 1.82) is 0 Å². The first-order valence-electron chi connectivity index (χ1n) is 2.65. The van der Waals surface area contributed by atoms with E-state index in [1.54, 1.807) is 0 Å². The minimum atomic E-state index is 0.330. The van der Waals surface area contributed by atoms with Gasteiger partial charge in [0.25, 0.3) is 0 Å². The normalized spacial score (nSPS) is 32.6. The molecule has 42 valence electrons. The second-order valence-electron chi connectivity index (χ2n) is 2.11. The van der Waals surface area contributed by atoms with Crippen LogP contribution in [0.5, 0.6) is 0 Å². The summed E-state index contributed by atoms with van der Waals surface area (Å²) >= 11 is 0. The van der Waals surface area contributed by atoms with Crippen LogP contribution in [-0.2, 0) is 0 Å². The first-order chi connectivity index (χ1) is 3.34. The molecule has 0 spiro atoms. The van der Waals surface area contributed by atoms with Crippen LogP contribution in [0.4, 0.5) is 0 Å². The van der Waals surface area contributed by atoms with E-state index >= 15 is 0 Å². The molecule has 7 heavy (non-hydrogen) atoms. The Morgan fingerprint density at radius 1 is 1.86 bits per heavy atom. The number of rotatable bonds is 1. The Labute approximate surface area is 43.7 Å². The maximum atomic E-state index is 8.51. The molecular weight excluding hydrogens is 90.1 g/mol. The Kier molecular flexibility index (Phi) is 1.30. The number of likely N-dealkylation sites (tertiary alicyclic amines) is 1. The van der Waals surface area contributed by atoms with Crippen LogP contribution >= 0.6 is 0 Å². The number of aliphatic hydroxyl groups is 1. The second-order valence-corrected chi connectivity index (χ2v) is 2.11. The zero-order chi connectivity index (χ0) is 5.28. The van der Waals surface area contributed by atoms with E-state index in [9.17, 15) is 0 Å². The highest BCUT2D eigenvalue weighted by atomic mass is 16.3. The Morgan fingerprint density at radius 2 is 2.57 bits per heavy atom. The molecule has 0 radical (unpaired) electrons. The first kappa shape index (κ1) is 5.06.